The number of urea groups is 1. The van der Waals surface area contributed by atoms with E-state index >= 15 is 0 Å². The highest BCUT2D eigenvalue weighted by atomic mass is 32.1. The number of thiocarbonyl (C=S) groups is 1. The summed E-state index contributed by atoms with van der Waals surface area (Å²) in [5.41, 5.74) is -1.80. The number of nitrogens with zero attached hydrogens (tertiary/aromatic N) is 2. The molecule has 0 aliphatic carbocycles. The lowest BCUT2D eigenvalue weighted by atomic mass is 9.65. The molecule has 0 saturated carbocycles. The SMILES string of the molecule is O=C1NC(=O)C2(C(=O)N1)[C@@H](c1ccc([N+](=O)[O-])cc1)NC(=S)N[C@@H]2c1ccc([N+](=O)[O-])cc1. The molecule has 4 N–H and O–H groups in total. The average Bonchev–Trinajstić information content (AvgIpc) is 2.77. The van der Waals surface area contributed by atoms with Gasteiger partial charge in [-0.2, -0.15) is 0 Å². The Balaban J connectivity index is 1.89. The maximum absolute atomic E-state index is 13.3. The van der Waals surface area contributed by atoms with E-state index in [9.17, 15) is 34.6 Å². The number of nitro benzene ring substituents is 2. The molecule has 2 saturated heterocycles. The number of carbonyl (C=O) groups excluding carboxylic acids is 3. The molecule has 2 fully saturated rings. The van der Waals surface area contributed by atoms with E-state index in [0.29, 0.717) is 11.1 Å². The number of rotatable bonds is 4. The van der Waals surface area contributed by atoms with Crippen LogP contribution in [0.25, 0.3) is 0 Å². The van der Waals surface area contributed by atoms with Crippen LogP contribution < -0.4 is 21.3 Å². The highest BCUT2D eigenvalue weighted by Crippen LogP contribution is 2.48. The van der Waals surface area contributed by atoms with Gasteiger partial charge in [-0.1, -0.05) is 24.3 Å². The summed E-state index contributed by atoms with van der Waals surface area (Å²) < 4.78 is 0. The van der Waals surface area contributed by atoms with Crippen molar-refractivity contribution in [2.24, 2.45) is 5.41 Å². The molecule has 4 rings (SSSR count). The molecule has 0 aromatic heterocycles. The second-order valence-corrected chi connectivity index (χ2v) is 7.70. The van der Waals surface area contributed by atoms with Crippen LogP contribution in [-0.2, 0) is 9.59 Å². The van der Waals surface area contributed by atoms with Crippen molar-refractivity contribution in [1.29, 1.82) is 0 Å². The summed E-state index contributed by atoms with van der Waals surface area (Å²) in [6.07, 6.45) is 0. The van der Waals surface area contributed by atoms with Crippen LogP contribution in [0, 0.1) is 25.6 Å². The summed E-state index contributed by atoms with van der Waals surface area (Å²) >= 11 is 5.28. The molecule has 14 heteroatoms. The lowest BCUT2D eigenvalue weighted by molar-refractivity contribution is -0.385. The minimum absolute atomic E-state index is 0.0600. The molecule has 4 amide bonds. The highest BCUT2D eigenvalue weighted by molar-refractivity contribution is 7.80. The number of nitrogens with one attached hydrogen (secondary N) is 4. The Bertz CT molecular complexity index is 1120. The molecule has 0 unspecified atom stereocenters. The molecule has 0 bridgehead atoms. The molecule has 2 aliphatic rings. The van der Waals surface area contributed by atoms with Gasteiger partial charge < -0.3 is 10.6 Å². The summed E-state index contributed by atoms with van der Waals surface area (Å²) in [6, 6.07) is 7.03. The van der Waals surface area contributed by atoms with E-state index < -0.39 is 45.2 Å². The smallest absolute Gasteiger partial charge is 0.328 e. The lowest BCUT2D eigenvalue weighted by Crippen LogP contribution is -2.73. The Morgan fingerprint density at radius 1 is 0.727 bits per heavy atom. The third kappa shape index (κ3) is 3.51. The van der Waals surface area contributed by atoms with E-state index in [1.165, 1.54) is 48.5 Å². The van der Waals surface area contributed by atoms with Crippen LogP contribution in [0.4, 0.5) is 16.2 Å². The second kappa shape index (κ2) is 7.90. The largest absolute Gasteiger partial charge is 0.354 e. The first-order chi connectivity index (χ1) is 15.6. The van der Waals surface area contributed by atoms with Crippen molar-refractivity contribution in [2.45, 2.75) is 12.1 Å². The first-order valence-electron chi connectivity index (χ1n) is 9.37. The molecule has 2 aromatic carbocycles. The molecular formula is C19H14N6O7S. The number of hydrogen-bond donors (Lipinski definition) is 4. The topological polar surface area (TPSA) is 186 Å². The zero-order valence-corrected chi connectivity index (χ0v) is 17.3. The van der Waals surface area contributed by atoms with Crippen molar-refractivity contribution in [2.75, 3.05) is 0 Å². The van der Waals surface area contributed by atoms with Crippen LogP contribution in [0.5, 0.6) is 0 Å². The normalized spacial score (nSPS) is 21.5. The maximum Gasteiger partial charge on any atom is 0.328 e. The van der Waals surface area contributed by atoms with Crippen molar-refractivity contribution in [3.8, 4) is 0 Å². The molecule has 33 heavy (non-hydrogen) atoms. The Kier molecular flexibility index (Phi) is 5.21. The first-order valence-corrected chi connectivity index (χ1v) is 9.78. The molecule has 2 aliphatic heterocycles. The fraction of sp³-hybridized carbons (Fsp3) is 0.158. The zero-order valence-electron chi connectivity index (χ0n) is 16.4. The fourth-order valence-electron chi connectivity index (χ4n) is 4.04. The zero-order chi connectivity index (χ0) is 23.9. The van der Waals surface area contributed by atoms with Crippen molar-refractivity contribution in [3.05, 3.63) is 79.9 Å². The number of non-ortho nitro benzene ring substituents is 2. The van der Waals surface area contributed by atoms with Crippen molar-refractivity contribution in [1.82, 2.24) is 21.3 Å². The molecule has 1 spiro atoms. The van der Waals surface area contributed by atoms with Crippen molar-refractivity contribution in [3.63, 3.8) is 0 Å². The number of imide groups is 2. The molecule has 0 radical (unpaired) electrons. The molecule has 2 aromatic rings. The van der Waals surface area contributed by atoms with Gasteiger partial charge in [0.1, 0.15) is 0 Å². The van der Waals surface area contributed by atoms with Crippen LogP contribution in [0.2, 0.25) is 0 Å². The fourth-order valence-corrected chi connectivity index (χ4v) is 4.28. The lowest BCUT2D eigenvalue weighted by Gasteiger charge is -2.49. The van der Waals surface area contributed by atoms with Crippen LogP contribution in [0.15, 0.2) is 48.5 Å². The third-order valence-electron chi connectivity index (χ3n) is 5.54. The van der Waals surface area contributed by atoms with E-state index in [1.807, 2.05) is 0 Å². The second-order valence-electron chi connectivity index (χ2n) is 7.29. The van der Waals surface area contributed by atoms with Gasteiger partial charge in [-0.15, -0.1) is 0 Å². The van der Waals surface area contributed by atoms with E-state index in [2.05, 4.69) is 21.3 Å². The average molecular weight is 470 g/mol. The molecule has 13 nitrogen and oxygen atoms in total. The Hall–Kier alpha value is -4.46. The third-order valence-corrected chi connectivity index (χ3v) is 5.78. The summed E-state index contributed by atoms with van der Waals surface area (Å²) in [7, 11) is 0. The van der Waals surface area contributed by atoms with Gasteiger partial charge >= 0.3 is 6.03 Å². The predicted molar refractivity (Wildman–Crippen MR) is 115 cm³/mol. The summed E-state index contributed by atoms with van der Waals surface area (Å²) in [5.74, 6) is -1.88. The maximum atomic E-state index is 13.3. The van der Waals surface area contributed by atoms with Crippen molar-refractivity contribution < 1.29 is 24.2 Å². The highest BCUT2D eigenvalue weighted by Gasteiger charge is 2.63. The van der Waals surface area contributed by atoms with Gasteiger partial charge in [0, 0.05) is 24.3 Å². The quantitative estimate of drug-likeness (QED) is 0.218. The minimum atomic E-state index is -2.03. The Morgan fingerprint density at radius 2 is 1.09 bits per heavy atom. The number of carbonyl (C=O) groups is 3. The molecule has 168 valence electrons. The monoisotopic (exact) mass is 470 g/mol. The van der Waals surface area contributed by atoms with Crippen LogP contribution in [0.1, 0.15) is 23.2 Å². The minimum Gasteiger partial charge on any atom is -0.354 e. The first kappa shape index (κ1) is 21.8. The van der Waals surface area contributed by atoms with Gasteiger partial charge in [-0.25, -0.2) is 4.79 Å². The van der Waals surface area contributed by atoms with Gasteiger partial charge in [0.25, 0.3) is 11.4 Å². The van der Waals surface area contributed by atoms with Crippen LogP contribution in [0.3, 0.4) is 0 Å². The molecule has 2 heterocycles. The number of hydrogen-bond acceptors (Lipinski definition) is 8. The number of benzene rings is 2. The number of nitro groups is 2. The molecular weight excluding hydrogens is 456 g/mol. The summed E-state index contributed by atoms with van der Waals surface area (Å²) in [4.78, 5) is 59.3. The summed E-state index contributed by atoms with van der Waals surface area (Å²) in [5, 5.41) is 32.0. The van der Waals surface area contributed by atoms with Gasteiger partial charge in [0.05, 0.1) is 21.9 Å². The van der Waals surface area contributed by atoms with E-state index in [-0.39, 0.29) is 16.5 Å². The van der Waals surface area contributed by atoms with Gasteiger partial charge in [0.15, 0.2) is 10.5 Å². The molecule has 2 atom stereocenters. The van der Waals surface area contributed by atoms with Crippen molar-refractivity contribution >= 4 is 46.6 Å². The summed E-state index contributed by atoms with van der Waals surface area (Å²) in [6.45, 7) is 0. The number of barbiturate groups is 1. The van der Waals surface area contributed by atoms with E-state index in [1.54, 1.807) is 0 Å². The predicted octanol–water partition coefficient (Wildman–Crippen LogP) is 1.12. The van der Waals surface area contributed by atoms with Crippen LogP contribution in [-0.4, -0.2) is 32.8 Å². The van der Waals surface area contributed by atoms with Gasteiger partial charge in [-0.3, -0.25) is 40.5 Å². The number of amides is 4. The van der Waals surface area contributed by atoms with E-state index in [4.69, 9.17) is 12.2 Å². The standard InChI is InChI=1S/C19H14N6O7S/c26-15-19(16(27)23-17(28)22-15)13(9-1-5-11(6-2-9)24(29)30)20-18(33)21-14(19)10-3-7-12(8-4-10)25(31)32/h1-8,13-14H,(H2,20,21,33)(H2,22,23,26,27,28)/t13-,14-/m1/s1. The van der Waals surface area contributed by atoms with Gasteiger partial charge in [0.2, 0.25) is 11.8 Å². The Morgan fingerprint density at radius 3 is 1.42 bits per heavy atom. The van der Waals surface area contributed by atoms with E-state index in [0.717, 1.165) is 0 Å². The van der Waals surface area contributed by atoms with Crippen LogP contribution >= 0.6 is 12.2 Å². The van der Waals surface area contributed by atoms with Gasteiger partial charge in [-0.05, 0) is 23.3 Å². The Labute approximate surface area is 189 Å².